The molecule has 0 radical (unpaired) electrons. The number of likely N-dealkylation sites (tertiary alicyclic amines) is 1. The highest BCUT2D eigenvalue weighted by molar-refractivity contribution is 5.86. The van der Waals surface area contributed by atoms with Gasteiger partial charge < -0.3 is 24.9 Å². The minimum absolute atomic E-state index is 0.0820. The van der Waals surface area contributed by atoms with Crippen LogP contribution in [0, 0.1) is 17.8 Å². The molecular weight excluding hydrogens is 552 g/mol. The van der Waals surface area contributed by atoms with Gasteiger partial charge in [0, 0.05) is 23.6 Å². The molecule has 2 aromatic carbocycles. The molecule has 2 aliphatic rings. The van der Waals surface area contributed by atoms with Gasteiger partial charge >= 0.3 is 6.09 Å². The molecule has 0 unspecified atom stereocenters. The van der Waals surface area contributed by atoms with E-state index in [2.05, 4.69) is 51.2 Å². The third-order valence-electron chi connectivity index (χ3n) is 8.57. The first-order valence-electron chi connectivity index (χ1n) is 15.3. The van der Waals surface area contributed by atoms with Crippen LogP contribution in [-0.4, -0.2) is 56.5 Å². The predicted octanol–water partition coefficient (Wildman–Crippen LogP) is 6.22. The van der Waals surface area contributed by atoms with Gasteiger partial charge in [0.15, 0.2) is 0 Å². The molecule has 3 heterocycles. The summed E-state index contributed by atoms with van der Waals surface area (Å²) in [6, 6.07) is 13.3. The second-order valence-corrected chi connectivity index (χ2v) is 12.1. The number of aromatic amines is 2. The average molecular weight is 591 g/mol. The SMILES string of the molecule is COC(=O)N[C@H](C(=O)N1CCC[C@H]1c1ncc(-c2ccc(C#Cc3ccc4nc([C@@H]5C=C(C)CC5)[nH]c4c3)cc2)[nH]1)C(C)C. The maximum atomic E-state index is 13.4. The zero-order valence-electron chi connectivity index (χ0n) is 25.6. The van der Waals surface area contributed by atoms with Gasteiger partial charge in [0.2, 0.25) is 5.91 Å². The van der Waals surface area contributed by atoms with Crippen molar-refractivity contribution in [3.8, 4) is 23.1 Å². The van der Waals surface area contributed by atoms with E-state index in [1.54, 1.807) is 6.20 Å². The van der Waals surface area contributed by atoms with Crippen LogP contribution in [-0.2, 0) is 9.53 Å². The van der Waals surface area contributed by atoms with Gasteiger partial charge in [-0.2, -0.15) is 0 Å². The van der Waals surface area contributed by atoms with Gasteiger partial charge in [-0.3, -0.25) is 4.79 Å². The number of benzene rings is 2. The molecule has 9 heteroatoms. The van der Waals surface area contributed by atoms with Crippen molar-refractivity contribution < 1.29 is 14.3 Å². The van der Waals surface area contributed by atoms with Gasteiger partial charge in [0.25, 0.3) is 0 Å². The summed E-state index contributed by atoms with van der Waals surface area (Å²) in [5, 5.41) is 2.69. The van der Waals surface area contributed by atoms with Gasteiger partial charge in [-0.05, 0) is 74.4 Å². The number of allylic oxidation sites excluding steroid dienone is 2. The van der Waals surface area contributed by atoms with Crippen molar-refractivity contribution in [3.63, 3.8) is 0 Å². The first-order valence-corrected chi connectivity index (χ1v) is 15.3. The lowest BCUT2D eigenvalue weighted by Crippen LogP contribution is -2.51. The number of fused-ring (bicyclic) bond motifs is 1. The van der Waals surface area contributed by atoms with E-state index in [1.807, 2.05) is 55.1 Å². The topological polar surface area (TPSA) is 116 Å². The molecule has 1 fully saturated rings. The number of nitrogens with one attached hydrogen (secondary N) is 3. The molecule has 226 valence electrons. The number of aromatic nitrogens is 4. The summed E-state index contributed by atoms with van der Waals surface area (Å²) in [7, 11) is 1.30. The number of methoxy groups -OCH3 is 1. The Morgan fingerprint density at radius 2 is 1.82 bits per heavy atom. The van der Waals surface area contributed by atoms with Gasteiger partial charge in [0.05, 0.1) is 36.1 Å². The number of ether oxygens (including phenoxy) is 1. The second-order valence-electron chi connectivity index (χ2n) is 12.1. The maximum Gasteiger partial charge on any atom is 0.407 e. The second kappa shape index (κ2) is 12.4. The van der Waals surface area contributed by atoms with Crippen LogP contribution in [0.4, 0.5) is 4.79 Å². The lowest BCUT2D eigenvalue weighted by Gasteiger charge is -2.30. The van der Waals surface area contributed by atoms with Crippen LogP contribution in [0.2, 0.25) is 0 Å². The van der Waals surface area contributed by atoms with Crippen LogP contribution < -0.4 is 5.32 Å². The van der Waals surface area contributed by atoms with Crippen molar-refractivity contribution in [3.05, 3.63) is 83.1 Å². The van der Waals surface area contributed by atoms with Crippen LogP contribution in [0.3, 0.4) is 0 Å². The molecule has 4 aromatic rings. The first kappa shape index (κ1) is 29.2. The van der Waals surface area contributed by atoms with Gasteiger partial charge in [-0.1, -0.05) is 49.5 Å². The monoisotopic (exact) mass is 590 g/mol. The Morgan fingerprint density at radius 1 is 1.05 bits per heavy atom. The molecule has 0 spiro atoms. The Labute approximate surface area is 257 Å². The van der Waals surface area contributed by atoms with Crippen molar-refractivity contribution >= 4 is 23.0 Å². The smallest absolute Gasteiger partial charge is 0.407 e. The third-order valence-corrected chi connectivity index (χ3v) is 8.57. The molecule has 3 atom stereocenters. The number of H-pyrrole nitrogens is 2. The van der Waals surface area contributed by atoms with E-state index in [0.29, 0.717) is 12.5 Å². The number of alkyl carbamates (subject to hydrolysis) is 1. The Hall–Kier alpha value is -4.84. The van der Waals surface area contributed by atoms with E-state index < -0.39 is 12.1 Å². The number of imidazole rings is 2. The molecule has 1 aliphatic carbocycles. The Morgan fingerprint density at radius 3 is 2.55 bits per heavy atom. The molecule has 44 heavy (non-hydrogen) atoms. The fourth-order valence-corrected chi connectivity index (χ4v) is 6.11. The highest BCUT2D eigenvalue weighted by Gasteiger charge is 2.37. The van der Waals surface area contributed by atoms with Crippen molar-refractivity contribution in [1.29, 1.82) is 0 Å². The summed E-state index contributed by atoms with van der Waals surface area (Å²) >= 11 is 0. The minimum atomic E-state index is -0.663. The normalized spacial score (nSPS) is 18.7. The molecule has 3 N–H and O–H groups in total. The number of carbonyl (C=O) groups is 2. The number of hydrogen-bond donors (Lipinski definition) is 3. The van der Waals surface area contributed by atoms with Crippen LogP contribution in [0.25, 0.3) is 22.3 Å². The van der Waals surface area contributed by atoms with Crippen LogP contribution in [0.15, 0.2) is 60.3 Å². The van der Waals surface area contributed by atoms with E-state index in [-0.39, 0.29) is 17.9 Å². The van der Waals surface area contributed by atoms with Crippen LogP contribution in [0.5, 0.6) is 0 Å². The molecular formula is C35H38N6O3. The van der Waals surface area contributed by atoms with E-state index in [0.717, 1.165) is 70.7 Å². The van der Waals surface area contributed by atoms with E-state index >= 15 is 0 Å². The average Bonchev–Trinajstić information content (AvgIpc) is 3.84. The summed E-state index contributed by atoms with van der Waals surface area (Å²) < 4.78 is 4.74. The quantitative estimate of drug-likeness (QED) is 0.182. The molecule has 1 saturated heterocycles. The minimum Gasteiger partial charge on any atom is -0.453 e. The summed E-state index contributed by atoms with van der Waals surface area (Å²) in [5.41, 5.74) is 7.12. The number of carbonyl (C=O) groups excluding carboxylic acids is 2. The summed E-state index contributed by atoms with van der Waals surface area (Å²) in [4.78, 5) is 43.5. The lowest BCUT2D eigenvalue weighted by atomic mass is 10.0. The molecule has 2 amide bonds. The number of nitrogens with zero attached hydrogens (tertiary/aromatic N) is 3. The summed E-state index contributed by atoms with van der Waals surface area (Å²) in [5.74, 6) is 8.50. The van der Waals surface area contributed by atoms with E-state index in [9.17, 15) is 9.59 Å². The van der Waals surface area contributed by atoms with Crippen molar-refractivity contribution in [1.82, 2.24) is 30.2 Å². The van der Waals surface area contributed by atoms with Crippen LogP contribution in [0.1, 0.15) is 81.2 Å². The molecule has 0 bridgehead atoms. The summed E-state index contributed by atoms with van der Waals surface area (Å²) in [6.45, 7) is 6.61. The zero-order chi connectivity index (χ0) is 30.8. The molecule has 9 nitrogen and oxygen atoms in total. The van der Waals surface area contributed by atoms with E-state index in [1.165, 1.54) is 12.7 Å². The van der Waals surface area contributed by atoms with E-state index in [4.69, 9.17) is 9.72 Å². The molecule has 6 rings (SSSR count). The summed E-state index contributed by atoms with van der Waals surface area (Å²) in [6.07, 6.45) is 7.43. The standard InChI is InChI=1S/C35H38N6O3/c1-21(2)31(40-35(43)44-4)34(42)41-17-5-6-30(41)33-36-20-29(39-33)25-14-10-23(11-15-25)8-9-24-12-16-27-28(19-24)38-32(37-27)26-13-7-22(3)18-26/h10-12,14-16,18-21,26,30-31H,5-7,13,17H2,1-4H3,(H,36,39)(H,37,38)(H,40,43)/t26-,30-,31-/m0/s1. The van der Waals surface area contributed by atoms with Crippen molar-refractivity contribution in [2.75, 3.05) is 13.7 Å². The molecule has 2 aromatic heterocycles. The first-order chi connectivity index (χ1) is 21.3. The van der Waals surface area contributed by atoms with Crippen molar-refractivity contribution in [2.45, 2.75) is 64.5 Å². The maximum absolute atomic E-state index is 13.4. The number of amides is 2. The predicted molar refractivity (Wildman–Crippen MR) is 170 cm³/mol. The zero-order valence-corrected chi connectivity index (χ0v) is 25.6. The Kier molecular flexibility index (Phi) is 8.25. The lowest BCUT2D eigenvalue weighted by molar-refractivity contribution is -0.135. The Bertz CT molecular complexity index is 1770. The fraction of sp³-hybridized carbons (Fsp3) is 0.371. The Balaban J connectivity index is 1.13. The number of rotatable bonds is 6. The van der Waals surface area contributed by atoms with Crippen LogP contribution >= 0.6 is 0 Å². The largest absolute Gasteiger partial charge is 0.453 e. The van der Waals surface area contributed by atoms with Gasteiger partial charge in [-0.25, -0.2) is 14.8 Å². The fourth-order valence-electron chi connectivity index (χ4n) is 6.11. The highest BCUT2D eigenvalue weighted by atomic mass is 16.5. The third kappa shape index (κ3) is 6.11. The van der Waals surface area contributed by atoms with Gasteiger partial charge in [-0.15, -0.1) is 0 Å². The molecule has 0 saturated carbocycles. The number of hydrogen-bond acceptors (Lipinski definition) is 5. The molecule has 1 aliphatic heterocycles. The highest BCUT2D eigenvalue weighted by Crippen LogP contribution is 2.33. The van der Waals surface area contributed by atoms with Gasteiger partial charge in [0.1, 0.15) is 17.7 Å². The van der Waals surface area contributed by atoms with Crippen molar-refractivity contribution in [2.24, 2.45) is 5.92 Å².